The van der Waals surface area contributed by atoms with Gasteiger partial charge in [-0.1, -0.05) is 42.9 Å². The van der Waals surface area contributed by atoms with Crippen LogP contribution in [-0.2, 0) is 6.42 Å². The highest BCUT2D eigenvalue weighted by molar-refractivity contribution is 7.11. The zero-order valence-electron chi connectivity index (χ0n) is 22.8. The van der Waals surface area contributed by atoms with Gasteiger partial charge in [-0.05, 0) is 73.2 Å². The third-order valence-electron chi connectivity index (χ3n) is 7.16. The molecule has 8 heteroatoms. The number of ether oxygens (including phenoxy) is 1. The van der Waals surface area contributed by atoms with Gasteiger partial charge in [0.05, 0.1) is 11.4 Å². The van der Waals surface area contributed by atoms with Crippen LogP contribution in [-0.4, -0.2) is 16.5 Å². The van der Waals surface area contributed by atoms with Crippen molar-refractivity contribution in [3.63, 3.8) is 0 Å². The molecule has 3 aromatic rings. The zero-order chi connectivity index (χ0) is 28.8. The molecule has 1 aliphatic heterocycles. The summed E-state index contributed by atoms with van der Waals surface area (Å²) in [6, 6.07) is 8.70. The highest BCUT2D eigenvalue weighted by Crippen LogP contribution is 2.39. The Morgan fingerprint density at radius 1 is 1.17 bits per heavy atom. The molecule has 2 aliphatic rings. The monoisotopic (exact) mass is 571 g/mol. The van der Waals surface area contributed by atoms with E-state index in [0.717, 1.165) is 54.6 Å². The van der Waals surface area contributed by atoms with Crippen molar-refractivity contribution in [3.05, 3.63) is 113 Å². The fourth-order valence-corrected chi connectivity index (χ4v) is 5.53. The summed E-state index contributed by atoms with van der Waals surface area (Å²) in [5.41, 5.74) is 4.74. The first kappa shape index (κ1) is 28.4. The van der Waals surface area contributed by atoms with E-state index in [9.17, 15) is 9.18 Å². The molecule has 0 saturated carbocycles. The van der Waals surface area contributed by atoms with Crippen LogP contribution in [0.4, 0.5) is 14.5 Å². The van der Waals surface area contributed by atoms with Gasteiger partial charge >= 0.3 is 0 Å². The van der Waals surface area contributed by atoms with Gasteiger partial charge in [0.2, 0.25) is 5.82 Å². The number of aliphatic imine (C=N–C) groups is 1. The van der Waals surface area contributed by atoms with Gasteiger partial charge in [0.1, 0.15) is 0 Å². The fourth-order valence-electron chi connectivity index (χ4n) is 5.04. The Balaban J connectivity index is 1.27. The molecule has 0 fully saturated rings. The van der Waals surface area contributed by atoms with Crippen LogP contribution in [0.15, 0.2) is 89.7 Å². The van der Waals surface area contributed by atoms with Crippen molar-refractivity contribution < 1.29 is 18.3 Å². The van der Waals surface area contributed by atoms with Gasteiger partial charge in [-0.3, -0.25) is 9.79 Å². The number of hydrogen-bond donors (Lipinski definition) is 1. The summed E-state index contributed by atoms with van der Waals surface area (Å²) < 4.78 is 35.5. The minimum absolute atomic E-state index is 0.129. The van der Waals surface area contributed by atoms with E-state index < -0.39 is 11.6 Å². The molecule has 0 saturated heterocycles. The zero-order valence-corrected chi connectivity index (χ0v) is 23.6. The molecule has 1 N–H and O–H groups in total. The molecule has 2 heterocycles. The summed E-state index contributed by atoms with van der Waals surface area (Å²) >= 11 is 1.19. The molecule has 0 radical (unpaired) electrons. The molecule has 1 unspecified atom stereocenters. The second-order valence-electron chi connectivity index (χ2n) is 9.84. The lowest BCUT2D eigenvalue weighted by Crippen LogP contribution is -2.21. The van der Waals surface area contributed by atoms with E-state index in [2.05, 4.69) is 21.9 Å². The molecule has 1 atom stereocenters. The summed E-state index contributed by atoms with van der Waals surface area (Å²) in [4.78, 5) is 21.4. The van der Waals surface area contributed by atoms with Crippen molar-refractivity contribution >= 4 is 34.1 Å². The van der Waals surface area contributed by atoms with Gasteiger partial charge in [-0.25, -0.2) is 9.37 Å². The molecular weight excluding hydrogens is 540 g/mol. The predicted molar refractivity (Wildman–Crippen MR) is 162 cm³/mol. The summed E-state index contributed by atoms with van der Waals surface area (Å²) in [6.45, 7) is 5.78. The van der Waals surface area contributed by atoms with E-state index in [1.54, 1.807) is 11.6 Å². The molecule has 1 aromatic heterocycles. The lowest BCUT2D eigenvalue weighted by atomic mass is 9.86. The van der Waals surface area contributed by atoms with Crippen LogP contribution >= 0.6 is 11.3 Å². The van der Waals surface area contributed by atoms with Gasteiger partial charge in [-0.15, -0.1) is 6.58 Å². The SMILES string of the molecule is C=CCCCCCC(=O)c1ccc(NC2=CC=CC3C(c4ccc(Oc5nccs5)c(F)c4F)=CN=C23)cc1CC. The van der Waals surface area contributed by atoms with Crippen LogP contribution < -0.4 is 10.1 Å². The number of ketones is 1. The second kappa shape index (κ2) is 13.0. The number of nitrogens with one attached hydrogen (secondary N) is 1. The molecule has 2 aromatic carbocycles. The van der Waals surface area contributed by atoms with Crippen LogP contribution in [0, 0.1) is 17.6 Å². The molecular formula is C33H31F2N3O2S. The van der Waals surface area contributed by atoms with Crippen molar-refractivity contribution in [2.24, 2.45) is 10.9 Å². The van der Waals surface area contributed by atoms with Crippen LogP contribution in [0.5, 0.6) is 10.9 Å². The maximum atomic E-state index is 15.2. The molecule has 41 heavy (non-hydrogen) atoms. The first-order valence-corrected chi connectivity index (χ1v) is 14.6. The first-order chi connectivity index (χ1) is 20.0. The molecule has 0 bridgehead atoms. The lowest BCUT2D eigenvalue weighted by Gasteiger charge is -2.22. The third-order valence-corrected chi connectivity index (χ3v) is 7.81. The number of anilines is 1. The normalized spacial score (nSPS) is 15.6. The number of carbonyl (C=O) groups is 1. The van der Waals surface area contributed by atoms with E-state index in [1.165, 1.54) is 29.7 Å². The largest absolute Gasteiger partial charge is 0.428 e. The summed E-state index contributed by atoms with van der Waals surface area (Å²) in [5.74, 6) is -2.45. The van der Waals surface area contributed by atoms with E-state index in [0.29, 0.717) is 17.7 Å². The van der Waals surface area contributed by atoms with Crippen LogP contribution in [0.1, 0.15) is 60.5 Å². The van der Waals surface area contributed by atoms with Crippen molar-refractivity contribution in [1.82, 2.24) is 4.98 Å². The smallest absolute Gasteiger partial charge is 0.278 e. The Kier molecular flexibility index (Phi) is 8.99. The Bertz CT molecular complexity index is 1570. The molecule has 0 amide bonds. The average molecular weight is 572 g/mol. The number of rotatable bonds is 13. The summed E-state index contributed by atoms with van der Waals surface area (Å²) in [6.07, 6.45) is 15.9. The Morgan fingerprint density at radius 3 is 2.83 bits per heavy atom. The number of allylic oxidation sites excluding steroid dienone is 6. The quantitative estimate of drug-likeness (QED) is 0.126. The Hall–Kier alpha value is -4.17. The highest BCUT2D eigenvalue weighted by atomic mass is 32.1. The van der Waals surface area contributed by atoms with Gasteiger partial charge in [0, 0.05) is 46.9 Å². The number of halogens is 2. The topological polar surface area (TPSA) is 63.6 Å². The lowest BCUT2D eigenvalue weighted by molar-refractivity contribution is 0.0978. The van der Waals surface area contributed by atoms with Gasteiger partial charge < -0.3 is 10.1 Å². The van der Waals surface area contributed by atoms with Crippen LogP contribution in [0.3, 0.4) is 0 Å². The van der Waals surface area contributed by atoms with Crippen LogP contribution in [0.2, 0.25) is 0 Å². The van der Waals surface area contributed by atoms with Crippen molar-refractivity contribution in [3.8, 4) is 10.9 Å². The van der Waals surface area contributed by atoms with E-state index >= 15 is 4.39 Å². The highest BCUT2D eigenvalue weighted by Gasteiger charge is 2.31. The number of aryl methyl sites for hydroxylation is 1. The first-order valence-electron chi connectivity index (χ1n) is 13.8. The van der Waals surface area contributed by atoms with Crippen LogP contribution in [0.25, 0.3) is 5.57 Å². The standard InChI is InChI=1S/C33H31F2N3O2S/c1-3-5-6-7-8-12-28(39)23-14-13-22(19-21(23)4-2)38-27-11-9-10-25-26(20-37-32(25)27)24-15-16-29(31(35)30(24)34)40-33-36-17-18-41-33/h3,9-11,13-20,25,38H,1,4-8,12H2,2H3. The molecule has 1 aliphatic carbocycles. The number of benzene rings is 2. The predicted octanol–water partition coefficient (Wildman–Crippen LogP) is 9.07. The molecule has 0 spiro atoms. The Morgan fingerprint density at radius 2 is 2.05 bits per heavy atom. The number of Topliss-reactive ketones (excluding diaryl/α,β-unsaturated/α-hetero) is 1. The number of unbranched alkanes of at least 4 members (excludes halogenated alkanes) is 3. The molecule has 210 valence electrons. The van der Waals surface area contributed by atoms with Gasteiger partial charge in [0.15, 0.2) is 17.3 Å². The average Bonchev–Trinajstić information content (AvgIpc) is 3.66. The minimum atomic E-state index is -1.07. The van der Waals surface area contributed by atoms with Gasteiger partial charge in [0.25, 0.3) is 5.19 Å². The maximum Gasteiger partial charge on any atom is 0.278 e. The van der Waals surface area contributed by atoms with E-state index in [4.69, 9.17) is 4.74 Å². The number of nitrogens with zero attached hydrogens (tertiary/aromatic N) is 2. The number of hydrogen-bond acceptors (Lipinski definition) is 6. The fraction of sp³-hybridized carbons (Fsp3) is 0.242. The number of aromatic nitrogens is 1. The van der Waals surface area contributed by atoms with E-state index in [-0.39, 0.29) is 28.2 Å². The van der Waals surface area contributed by atoms with Crippen molar-refractivity contribution in [1.29, 1.82) is 0 Å². The van der Waals surface area contributed by atoms with Gasteiger partial charge in [-0.2, -0.15) is 4.39 Å². The Labute approximate surface area is 242 Å². The second-order valence-corrected chi connectivity index (χ2v) is 10.7. The summed E-state index contributed by atoms with van der Waals surface area (Å²) in [7, 11) is 0. The maximum absolute atomic E-state index is 15.2. The molecule has 5 nitrogen and oxygen atoms in total. The number of carbonyl (C=O) groups excluding carboxylic acids is 1. The van der Waals surface area contributed by atoms with E-state index in [1.807, 2.05) is 49.4 Å². The minimum Gasteiger partial charge on any atom is -0.428 e. The number of thiazole rings is 1. The molecule has 5 rings (SSSR count). The third kappa shape index (κ3) is 6.28. The summed E-state index contributed by atoms with van der Waals surface area (Å²) in [5, 5.41) is 5.35. The van der Waals surface area contributed by atoms with Crippen molar-refractivity contribution in [2.75, 3.05) is 5.32 Å². The number of fused-ring (bicyclic) bond motifs is 1. The van der Waals surface area contributed by atoms with Crippen molar-refractivity contribution in [2.45, 2.75) is 45.4 Å².